The minimum Gasteiger partial charge on any atom is -0.484 e. The average molecular weight is 409 g/mol. The van der Waals surface area contributed by atoms with E-state index in [1.54, 1.807) is 18.2 Å². The van der Waals surface area contributed by atoms with E-state index in [1.807, 2.05) is 24.3 Å². The number of anilines is 1. The van der Waals surface area contributed by atoms with Crippen LogP contribution in [0.4, 0.5) is 5.69 Å². The van der Waals surface area contributed by atoms with Gasteiger partial charge in [0, 0.05) is 24.3 Å². The number of amides is 1. The molecule has 1 aliphatic heterocycles. The summed E-state index contributed by atoms with van der Waals surface area (Å²) in [7, 11) is 0. The Labute approximate surface area is 168 Å². The predicted octanol–water partition coefficient (Wildman–Crippen LogP) is 4.78. The fourth-order valence-corrected chi connectivity index (χ4v) is 3.33. The minimum atomic E-state index is -0.278. The molecular formula is C19H18Cl2N2O2S. The molecule has 0 aromatic heterocycles. The number of hydrogen-bond donors (Lipinski definition) is 1. The number of hydrogen-bond acceptors (Lipinski definition) is 3. The lowest BCUT2D eigenvalue weighted by Crippen LogP contribution is -2.26. The van der Waals surface area contributed by atoms with Gasteiger partial charge in [0.15, 0.2) is 6.61 Å². The summed E-state index contributed by atoms with van der Waals surface area (Å²) in [5.74, 6) is 0.335. The molecule has 0 radical (unpaired) electrons. The van der Waals surface area contributed by atoms with Crippen LogP contribution in [0.2, 0.25) is 10.0 Å². The molecule has 1 amide bonds. The van der Waals surface area contributed by atoms with Crippen molar-refractivity contribution in [3.05, 3.63) is 58.1 Å². The molecular weight excluding hydrogens is 391 g/mol. The van der Waals surface area contributed by atoms with Gasteiger partial charge in [-0.05, 0) is 55.3 Å². The molecule has 7 heteroatoms. The second kappa shape index (κ2) is 8.71. The van der Waals surface area contributed by atoms with Crippen LogP contribution in [0.25, 0.3) is 0 Å². The first-order valence-corrected chi connectivity index (χ1v) is 9.46. The molecule has 1 saturated heterocycles. The SMILES string of the molecule is O=C(COc1ccc(C(=S)N2CCCC2)cc1)Nc1ccc(Cl)c(Cl)c1. The molecule has 1 aliphatic rings. The summed E-state index contributed by atoms with van der Waals surface area (Å²) in [6.07, 6.45) is 2.38. The van der Waals surface area contributed by atoms with Crippen LogP contribution in [0, 0.1) is 0 Å². The number of carbonyl (C=O) groups is 1. The number of nitrogens with zero attached hydrogens (tertiary/aromatic N) is 1. The van der Waals surface area contributed by atoms with Crippen molar-refractivity contribution < 1.29 is 9.53 Å². The first kappa shape index (κ1) is 19.0. The van der Waals surface area contributed by atoms with Crippen molar-refractivity contribution in [1.29, 1.82) is 0 Å². The zero-order chi connectivity index (χ0) is 18.5. The quantitative estimate of drug-likeness (QED) is 0.722. The van der Waals surface area contributed by atoms with Crippen molar-refractivity contribution in [2.45, 2.75) is 12.8 Å². The van der Waals surface area contributed by atoms with Crippen molar-refractivity contribution in [1.82, 2.24) is 4.90 Å². The topological polar surface area (TPSA) is 41.6 Å². The van der Waals surface area contributed by atoms with Gasteiger partial charge in [-0.1, -0.05) is 35.4 Å². The van der Waals surface area contributed by atoms with E-state index in [9.17, 15) is 4.79 Å². The van der Waals surface area contributed by atoms with Crippen molar-refractivity contribution in [2.75, 3.05) is 25.0 Å². The van der Waals surface area contributed by atoms with Gasteiger partial charge in [0.05, 0.1) is 10.0 Å². The maximum absolute atomic E-state index is 12.0. The molecule has 1 N–H and O–H groups in total. The average Bonchev–Trinajstić information content (AvgIpc) is 3.18. The lowest BCUT2D eigenvalue weighted by molar-refractivity contribution is -0.118. The highest BCUT2D eigenvalue weighted by Crippen LogP contribution is 2.25. The molecule has 0 aliphatic carbocycles. The Morgan fingerprint density at radius 2 is 1.77 bits per heavy atom. The third-order valence-corrected chi connectivity index (χ3v) is 5.30. The van der Waals surface area contributed by atoms with Crippen molar-refractivity contribution in [3.63, 3.8) is 0 Å². The summed E-state index contributed by atoms with van der Waals surface area (Å²) >= 11 is 17.3. The molecule has 2 aromatic carbocycles. The van der Waals surface area contributed by atoms with Crippen LogP contribution in [0.1, 0.15) is 18.4 Å². The number of halogens is 2. The molecule has 0 unspecified atom stereocenters. The van der Waals surface area contributed by atoms with Crippen LogP contribution in [0.15, 0.2) is 42.5 Å². The Balaban J connectivity index is 1.51. The van der Waals surface area contributed by atoms with E-state index in [0.717, 1.165) is 23.6 Å². The Morgan fingerprint density at radius 1 is 1.08 bits per heavy atom. The van der Waals surface area contributed by atoms with Crippen LogP contribution >= 0.6 is 35.4 Å². The van der Waals surface area contributed by atoms with Gasteiger partial charge in [-0.15, -0.1) is 0 Å². The maximum Gasteiger partial charge on any atom is 0.262 e. The van der Waals surface area contributed by atoms with Gasteiger partial charge in [0.25, 0.3) is 5.91 Å². The first-order valence-electron chi connectivity index (χ1n) is 8.30. The number of rotatable bonds is 5. The highest BCUT2D eigenvalue weighted by atomic mass is 35.5. The summed E-state index contributed by atoms with van der Waals surface area (Å²) in [6.45, 7) is 1.94. The van der Waals surface area contributed by atoms with Crippen LogP contribution in [0.5, 0.6) is 5.75 Å². The van der Waals surface area contributed by atoms with E-state index in [1.165, 1.54) is 12.8 Å². The number of thiocarbonyl (C=S) groups is 1. The van der Waals surface area contributed by atoms with Crippen LogP contribution in [-0.2, 0) is 4.79 Å². The van der Waals surface area contributed by atoms with Crippen LogP contribution in [-0.4, -0.2) is 35.5 Å². The molecule has 136 valence electrons. The zero-order valence-corrected chi connectivity index (χ0v) is 16.3. The normalized spacial score (nSPS) is 13.5. The van der Waals surface area contributed by atoms with E-state index in [-0.39, 0.29) is 12.5 Å². The van der Waals surface area contributed by atoms with Crippen molar-refractivity contribution >= 4 is 52.0 Å². The second-order valence-corrected chi connectivity index (χ2v) is 7.19. The third kappa shape index (κ3) is 4.87. The Kier molecular flexibility index (Phi) is 6.35. The van der Waals surface area contributed by atoms with Gasteiger partial charge in [-0.2, -0.15) is 0 Å². The summed E-state index contributed by atoms with van der Waals surface area (Å²) in [5.41, 5.74) is 1.56. The number of nitrogens with one attached hydrogen (secondary N) is 1. The molecule has 0 spiro atoms. The standard InChI is InChI=1S/C19H18Cl2N2O2S/c20-16-8-5-14(11-17(16)21)22-18(24)12-25-15-6-3-13(4-7-15)19(26)23-9-1-2-10-23/h3-8,11H,1-2,9-10,12H2,(H,22,24). The lowest BCUT2D eigenvalue weighted by atomic mass is 10.2. The van der Waals surface area contributed by atoms with E-state index >= 15 is 0 Å². The summed E-state index contributed by atoms with van der Waals surface area (Å²) in [4.78, 5) is 15.1. The number of ether oxygens (including phenoxy) is 1. The van der Waals surface area contributed by atoms with Gasteiger partial charge >= 0.3 is 0 Å². The van der Waals surface area contributed by atoms with Crippen LogP contribution < -0.4 is 10.1 Å². The highest BCUT2D eigenvalue weighted by molar-refractivity contribution is 7.80. The van der Waals surface area contributed by atoms with Gasteiger partial charge in [-0.25, -0.2) is 0 Å². The summed E-state index contributed by atoms with van der Waals surface area (Å²) in [6, 6.07) is 12.4. The Hall–Kier alpha value is -1.82. The molecule has 1 heterocycles. The molecule has 0 bridgehead atoms. The van der Waals surface area contributed by atoms with Crippen molar-refractivity contribution in [2.24, 2.45) is 0 Å². The Morgan fingerprint density at radius 3 is 2.42 bits per heavy atom. The van der Waals surface area contributed by atoms with Gasteiger partial charge in [-0.3, -0.25) is 4.79 Å². The molecule has 26 heavy (non-hydrogen) atoms. The second-order valence-electron chi connectivity index (χ2n) is 5.99. The number of carbonyl (C=O) groups excluding carboxylic acids is 1. The molecule has 4 nitrogen and oxygen atoms in total. The largest absolute Gasteiger partial charge is 0.484 e. The zero-order valence-electron chi connectivity index (χ0n) is 14.0. The van der Waals surface area contributed by atoms with E-state index in [4.69, 9.17) is 40.2 Å². The molecule has 1 fully saturated rings. The monoisotopic (exact) mass is 408 g/mol. The van der Waals surface area contributed by atoms with E-state index < -0.39 is 0 Å². The minimum absolute atomic E-state index is 0.101. The fourth-order valence-electron chi connectivity index (χ4n) is 2.72. The summed E-state index contributed by atoms with van der Waals surface area (Å²) < 4.78 is 5.53. The van der Waals surface area contributed by atoms with Gasteiger partial charge in [0.2, 0.25) is 0 Å². The van der Waals surface area contributed by atoms with Gasteiger partial charge in [0.1, 0.15) is 10.7 Å². The molecule has 3 rings (SSSR count). The number of likely N-dealkylation sites (tertiary alicyclic amines) is 1. The predicted molar refractivity (Wildman–Crippen MR) is 110 cm³/mol. The number of benzene rings is 2. The maximum atomic E-state index is 12.0. The highest BCUT2D eigenvalue weighted by Gasteiger charge is 2.16. The molecule has 2 aromatic rings. The summed E-state index contributed by atoms with van der Waals surface area (Å²) in [5, 5.41) is 3.53. The molecule has 0 atom stereocenters. The van der Waals surface area contributed by atoms with E-state index in [0.29, 0.717) is 21.5 Å². The smallest absolute Gasteiger partial charge is 0.262 e. The molecule has 0 saturated carbocycles. The first-order chi connectivity index (χ1) is 12.5. The lowest BCUT2D eigenvalue weighted by Gasteiger charge is -2.18. The fraction of sp³-hybridized carbons (Fsp3) is 0.263. The van der Waals surface area contributed by atoms with Gasteiger partial charge < -0.3 is 15.0 Å². The Bertz CT molecular complexity index is 806. The third-order valence-electron chi connectivity index (χ3n) is 4.07. The van der Waals surface area contributed by atoms with Crippen molar-refractivity contribution in [3.8, 4) is 5.75 Å². The van der Waals surface area contributed by atoms with Crippen LogP contribution in [0.3, 0.4) is 0 Å². The van der Waals surface area contributed by atoms with E-state index in [2.05, 4.69) is 10.2 Å².